The molecule has 2 rings (SSSR count). The Morgan fingerprint density at radius 2 is 2.20 bits per heavy atom. The second-order valence-electron chi connectivity index (χ2n) is 4.98. The molecular weight excluding hydrogens is 188 g/mol. The molecule has 0 radical (unpaired) electrons. The number of ether oxygens (including phenoxy) is 1. The standard InChI is InChI=1S/C12H24N2O/c1-14(10-12-4-2-9-15-12)8-3-7-13-11-5-6-11/h11-13H,2-10H2,1H3. The Balaban J connectivity index is 1.45. The Labute approximate surface area is 93.2 Å². The Kier molecular flexibility index (Phi) is 4.42. The van der Waals surface area contributed by atoms with Gasteiger partial charge in [-0.05, 0) is 52.2 Å². The molecule has 0 aromatic rings. The first-order chi connectivity index (χ1) is 7.34. The van der Waals surface area contributed by atoms with Crippen LogP contribution >= 0.6 is 0 Å². The van der Waals surface area contributed by atoms with E-state index < -0.39 is 0 Å². The molecule has 2 aliphatic rings. The van der Waals surface area contributed by atoms with Crippen molar-refractivity contribution in [1.29, 1.82) is 0 Å². The fraction of sp³-hybridized carbons (Fsp3) is 1.00. The van der Waals surface area contributed by atoms with Gasteiger partial charge in [0.2, 0.25) is 0 Å². The van der Waals surface area contributed by atoms with Crippen LogP contribution in [0, 0.1) is 0 Å². The lowest BCUT2D eigenvalue weighted by Gasteiger charge is -2.20. The first-order valence-electron chi connectivity index (χ1n) is 6.38. The molecule has 15 heavy (non-hydrogen) atoms. The summed E-state index contributed by atoms with van der Waals surface area (Å²) in [5.74, 6) is 0. The first-order valence-corrected chi connectivity index (χ1v) is 6.38. The number of likely N-dealkylation sites (N-methyl/N-ethyl adjacent to an activating group) is 1. The fourth-order valence-corrected chi connectivity index (χ4v) is 2.17. The first kappa shape index (κ1) is 11.4. The summed E-state index contributed by atoms with van der Waals surface area (Å²) in [5.41, 5.74) is 0. The Morgan fingerprint density at radius 3 is 2.87 bits per heavy atom. The Bertz CT molecular complexity index is 176. The zero-order chi connectivity index (χ0) is 10.5. The van der Waals surface area contributed by atoms with Gasteiger partial charge in [0.1, 0.15) is 0 Å². The van der Waals surface area contributed by atoms with Crippen molar-refractivity contribution in [3.8, 4) is 0 Å². The van der Waals surface area contributed by atoms with Crippen molar-refractivity contribution in [2.45, 2.75) is 44.2 Å². The van der Waals surface area contributed by atoms with E-state index in [-0.39, 0.29) is 0 Å². The zero-order valence-corrected chi connectivity index (χ0v) is 9.87. The molecule has 1 atom stereocenters. The number of hydrogen-bond donors (Lipinski definition) is 1. The molecule has 0 aromatic heterocycles. The number of nitrogens with one attached hydrogen (secondary N) is 1. The summed E-state index contributed by atoms with van der Waals surface area (Å²) in [7, 11) is 2.21. The van der Waals surface area contributed by atoms with Crippen molar-refractivity contribution in [2.24, 2.45) is 0 Å². The number of rotatable bonds is 7. The normalized spacial score (nSPS) is 26.4. The largest absolute Gasteiger partial charge is 0.377 e. The predicted molar refractivity (Wildman–Crippen MR) is 62.1 cm³/mol. The van der Waals surface area contributed by atoms with Crippen LogP contribution in [-0.2, 0) is 4.74 Å². The van der Waals surface area contributed by atoms with E-state index in [2.05, 4.69) is 17.3 Å². The van der Waals surface area contributed by atoms with Gasteiger partial charge in [0.15, 0.2) is 0 Å². The minimum absolute atomic E-state index is 0.506. The van der Waals surface area contributed by atoms with Crippen LogP contribution < -0.4 is 5.32 Å². The van der Waals surface area contributed by atoms with Gasteiger partial charge in [-0.15, -0.1) is 0 Å². The van der Waals surface area contributed by atoms with Gasteiger partial charge >= 0.3 is 0 Å². The summed E-state index contributed by atoms with van der Waals surface area (Å²) in [5, 5.41) is 3.55. The van der Waals surface area contributed by atoms with E-state index in [0.717, 1.165) is 19.2 Å². The molecule has 1 saturated carbocycles. The van der Waals surface area contributed by atoms with E-state index in [1.807, 2.05) is 0 Å². The zero-order valence-electron chi connectivity index (χ0n) is 9.87. The van der Waals surface area contributed by atoms with Crippen molar-refractivity contribution in [2.75, 3.05) is 33.3 Å². The average Bonchev–Trinajstić information content (AvgIpc) is 2.91. The van der Waals surface area contributed by atoms with Gasteiger partial charge in [0.25, 0.3) is 0 Å². The molecule has 2 fully saturated rings. The Hall–Kier alpha value is -0.120. The van der Waals surface area contributed by atoms with E-state index in [0.29, 0.717) is 6.10 Å². The average molecular weight is 212 g/mol. The highest BCUT2D eigenvalue weighted by molar-refractivity contribution is 4.80. The molecule has 1 aliphatic carbocycles. The predicted octanol–water partition coefficient (Wildman–Crippen LogP) is 1.24. The minimum Gasteiger partial charge on any atom is -0.377 e. The summed E-state index contributed by atoms with van der Waals surface area (Å²) >= 11 is 0. The fourth-order valence-electron chi connectivity index (χ4n) is 2.17. The van der Waals surface area contributed by atoms with E-state index in [4.69, 9.17) is 4.74 Å². The van der Waals surface area contributed by atoms with Crippen LogP contribution in [-0.4, -0.2) is 50.3 Å². The maximum Gasteiger partial charge on any atom is 0.0702 e. The van der Waals surface area contributed by atoms with E-state index in [9.17, 15) is 0 Å². The van der Waals surface area contributed by atoms with Gasteiger partial charge in [-0.3, -0.25) is 0 Å². The van der Waals surface area contributed by atoms with Crippen molar-refractivity contribution < 1.29 is 4.74 Å². The molecule has 0 spiro atoms. The summed E-state index contributed by atoms with van der Waals surface area (Å²) in [6.07, 6.45) is 7.07. The van der Waals surface area contributed by atoms with Crippen molar-refractivity contribution in [3.05, 3.63) is 0 Å². The van der Waals surface area contributed by atoms with Crippen LogP contribution in [0.3, 0.4) is 0 Å². The monoisotopic (exact) mass is 212 g/mol. The SMILES string of the molecule is CN(CCCNC1CC1)CC1CCCO1. The molecule has 3 heteroatoms. The third-order valence-electron chi connectivity index (χ3n) is 3.27. The molecule has 0 aromatic carbocycles. The molecular formula is C12H24N2O. The summed E-state index contributed by atoms with van der Waals surface area (Å²) in [6, 6.07) is 0.855. The molecule has 1 heterocycles. The van der Waals surface area contributed by atoms with Crippen LogP contribution in [0.2, 0.25) is 0 Å². The van der Waals surface area contributed by atoms with Crippen LogP contribution in [0.1, 0.15) is 32.1 Å². The third kappa shape index (κ3) is 4.49. The highest BCUT2D eigenvalue weighted by Crippen LogP contribution is 2.18. The summed E-state index contributed by atoms with van der Waals surface area (Å²) < 4.78 is 5.62. The molecule has 1 saturated heterocycles. The lowest BCUT2D eigenvalue weighted by molar-refractivity contribution is 0.0809. The topological polar surface area (TPSA) is 24.5 Å². The van der Waals surface area contributed by atoms with E-state index >= 15 is 0 Å². The van der Waals surface area contributed by atoms with Crippen molar-refractivity contribution >= 4 is 0 Å². The quantitative estimate of drug-likeness (QED) is 0.643. The lowest BCUT2D eigenvalue weighted by Crippen LogP contribution is -2.31. The third-order valence-corrected chi connectivity index (χ3v) is 3.27. The Morgan fingerprint density at radius 1 is 1.33 bits per heavy atom. The molecule has 0 amide bonds. The van der Waals surface area contributed by atoms with Gasteiger partial charge < -0.3 is 15.0 Å². The van der Waals surface area contributed by atoms with Crippen LogP contribution in [0.25, 0.3) is 0 Å². The van der Waals surface area contributed by atoms with Crippen LogP contribution in [0.5, 0.6) is 0 Å². The summed E-state index contributed by atoms with van der Waals surface area (Å²) in [4.78, 5) is 2.41. The highest BCUT2D eigenvalue weighted by Gasteiger charge is 2.20. The van der Waals surface area contributed by atoms with Gasteiger partial charge in [-0.1, -0.05) is 0 Å². The highest BCUT2D eigenvalue weighted by atomic mass is 16.5. The minimum atomic E-state index is 0.506. The van der Waals surface area contributed by atoms with Crippen molar-refractivity contribution in [3.63, 3.8) is 0 Å². The van der Waals surface area contributed by atoms with E-state index in [1.165, 1.54) is 45.2 Å². The smallest absolute Gasteiger partial charge is 0.0702 e. The number of nitrogens with zero attached hydrogens (tertiary/aromatic N) is 1. The van der Waals surface area contributed by atoms with Gasteiger partial charge in [-0.2, -0.15) is 0 Å². The molecule has 1 aliphatic heterocycles. The molecule has 1 N–H and O–H groups in total. The van der Waals surface area contributed by atoms with Crippen LogP contribution in [0.4, 0.5) is 0 Å². The number of hydrogen-bond acceptors (Lipinski definition) is 3. The van der Waals surface area contributed by atoms with E-state index in [1.54, 1.807) is 0 Å². The van der Waals surface area contributed by atoms with Crippen LogP contribution in [0.15, 0.2) is 0 Å². The molecule has 3 nitrogen and oxygen atoms in total. The van der Waals surface area contributed by atoms with Gasteiger partial charge in [-0.25, -0.2) is 0 Å². The molecule has 1 unspecified atom stereocenters. The van der Waals surface area contributed by atoms with Crippen molar-refractivity contribution in [1.82, 2.24) is 10.2 Å². The van der Waals surface area contributed by atoms with Gasteiger partial charge in [0.05, 0.1) is 6.10 Å². The maximum absolute atomic E-state index is 5.62. The maximum atomic E-state index is 5.62. The second-order valence-corrected chi connectivity index (χ2v) is 4.98. The molecule has 0 bridgehead atoms. The molecule has 88 valence electrons. The summed E-state index contributed by atoms with van der Waals surface area (Å²) in [6.45, 7) is 4.46. The van der Waals surface area contributed by atoms with Gasteiger partial charge in [0, 0.05) is 19.2 Å². The lowest BCUT2D eigenvalue weighted by atomic mass is 10.2. The second kappa shape index (κ2) is 5.83.